The maximum absolute atomic E-state index is 11.8. The lowest BCUT2D eigenvalue weighted by molar-refractivity contribution is -0.384. The van der Waals surface area contributed by atoms with Gasteiger partial charge in [-0.05, 0) is 36.8 Å². The van der Waals surface area contributed by atoms with Crippen molar-refractivity contribution in [3.8, 4) is 0 Å². The van der Waals surface area contributed by atoms with Crippen LogP contribution in [-0.2, 0) is 9.53 Å². The number of halogens is 1. The zero-order valence-corrected chi connectivity index (χ0v) is 14.2. The average Bonchev–Trinajstić information content (AvgIpc) is 2.60. The van der Waals surface area contributed by atoms with Gasteiger partial charge in [-0.2, -0.15) is 5.10 Å². The smallest absolute Gasteiger partial charge is 0.311 e. The molecule has 0 aromatic heterocycles. The Kier molecular flexibility index (Phi) is 6.47. The maximum Gasteiger partial charge on any atom is 0.311 e. The molecule has 0 amide bonds. The summed E-state index contributed by atoms with van der Waals surface area (Å²) in [6, 6.07) is 12.7. The summed E-state index contributed by atoms with van der Waals surface area (Å²) in [6.07, 6.45) is -0.0184. The molecule has 1 N–H and O–H groups in total. The third-order valence-corrected chi connectivity index (χ3v) is 3.44. The molecule has 0 heterocycles. The van der Waals surface area contributed by atoms with E-state index in [4.69, 9.17) is 16.3 Å². The van der Waals surface area contributed by atoms with Gasteiger partial charge in [0.1, 0.15) is 0 Å². The summed E-state index contributed by atoms with van der Waals surface area (Å²) in [4.78, 5) is 22.0. The fourth-order valence-corrected chi connectivity index (χ4v) is 2.11. The first kappa shape index (κ1) is 18.4. The van der Waals surface area contributed by atoms with Crippen molar-refractivity contribution in [2.45, 2.75) is 13.3 Å². The molecule has 0 atom stereocenters. The molecule has 0 spiro atoms. The van der Waals surface area contributed by atoms with Crippen LogP contribution in [0.5, 0.6) is 0 Å². The number of benzene rings is 2. The third kappa shape index (κ3) is 5.58. The molecule has 0 bridgehead atoms. The monoisotopic (exact) mass is 361 g/mol. The largest absolute Gasteiger partial charge is 0.466 e. The van der Waals surface area contributed by atoms with E-state index in [0.29, 0.717) is 22.0 Å². The summed E-state index contributed by atoms with van der Waals surface area (Å²) in [6.45, 7) is 2.01. The van der Waals surface area contributed by atoms with E-state index >= 15 is 0 Å². The molecule has 0 saturated carbocycles. The lowest BCUT2D eigenvalue weighted by atomic mass is 10.1. The van der Waals surface area contributed by atoms with Gasteiger partial charge in [0.25, 0.3) is 5.69 Å². The number of nitrogens with zero attached hydrogens (tertiary/aromatic N) is 2. The molecule has 0 aliphatic rings. The minimum absolute atomic E-state index is 0.0148. The van der Waals surface area contributed by atoms with Gasteiger partial charge in [0.2, 0.25) is 0 Å². The molecule has 25 heavy (non-hydrogen) atoms. The van der Waals surface area contributed by atoms with Crippen LogP contribution in [0.25, 0.3) is 0 Å². The highest BCUT2D eigenvalue weighted by Crippen LogP contribution is 2.17. The third-order valence-electron chi connectivity index (χ3n) is 3.19. The number of ether oxygens (including phenoxy) is 1. The summed E-state index contributed by atoms with van der Waals surface area (Å²) < 4.78 is 4.96. The number of hydrogen-bond donors (Lipinski definition) is 1. The second-order valence-electron chi connectivity index (χ2n) is 4.96. The highest BCUT2D eigenvalue weighted by molar-refractivity contribution is 6.30. The Hall–Kier alpha value is -2.93. The van der Waals surface area contributed by atoms with E-state index in [9.17, 15) is 14.9 Å². The molecular formula is C17H16ClN3O4. The van der Waals surface area contributed by atoms with E-state index in [-0.39, 0.29) is 18.7 Å². The van der Waals surface area contributed by atoms with Gasteiger partial charge in [-0.1, -0.05) is 23.7 Å². The van der Waals surface area contributed by atoms with Crippen LogP contribution >= 0.6 is 11.6 Å². The molecule has 8 heteroatoms. The van der Waals surface area contributed by atoms with Gasteiger partial charge in [0.15, 0.2) is 0 Å². The predicted octanol–water partition coefficient (Wildman–Crippen LogP) is 4.02. The average molecular weight is 362 g/mol. The second kappa shape index (κ2) is 8.79. The van der Waals surface area contributed by atoms with Gasteiger partial charge in [-0.25, -0.2) is 0 Å². The first-order valence-electron chi connectivity index (χ1n) is 7.48. The van der Waals surface area contributed by atoms with E-state index in [0.717, 1.165) is 0 Å². The number of nitrogens with one attached hydrogen (secondary N) is 1. The molecule has 0 aliphatic carbocycles. The number of hydrazone groups is 1. The van der Waals surface area contributed by atoms with E-state index in [1.165, 1.54) is 24.3 Å². The van der Waals surface area contributed by atoms with Gasteiger partial charge < -0.3 is 4.74 Å². The SMILES string of the molecule is CCOC(=O)C/C(=N/Nc1ccc([N+](=O)[O-])cc1)c1ccc(Cl)cc1. The van der Waals surface area contributed by atoms with Crippen molar-refractivity contribution in [1.29, 1.82) is 0 Å². The van der Waals surface area contributed by atoms with Crippen molar-refractivity contribution in [2.75, 3.05) is 12.0 Å². The van der Waals surface area contributed by atoms with Gasteiger partial charge in [-0.15, -0.1) is 0 Å². The van der Waals surface area contributed by atoms with Crippen molar-refractivity contribution in [1.82, 2.24) is 0 Å². The number of hydrogen-bond acceptors (Lipinski definition) is 6. The summed E-state index contributed by atoms with van der Waals surface area (Å²) >= 11 is 5.88. The first-order valence-corrected chi connectivity index (χ1v) is 7.86. The highest BCUT2D eigenvalue weighted by atomic mass is 35.5. The number of carbonyl (C=O) groups is 1. The summed E-state index contributed by atoms with van der Waals surface area (Å²) in [5.74, 6) is -0.401. The van der Waals surface area contributed by atoms with Crippen LogP contribution < -0.4 is 5.43 Å². The zero-order chi connectivity index (χ0) is 18.2. The maximum atomic E-state index is 11.8. The van der Waals surface area contributed by atoms with Crippen LogP contribution in [0.3, 0.4) is 0 Å². The van der Waals surface area contributed by atoms with E-state index < -0.39 is 10.9 Å². The molecule has 0 saturated heterocycles. The summed E-state index contributed by atoms with van der Waals surface area (Å²) in [5.41, 5.74) is 4.52. The van der Waals surface area contributed by atoms with Crippen molar-refractivity contribution in [2.24, 2.45) is 5.10 Å². The number of rotatable bonds is 7. The molecule has 2 rings (SSSR count). The van der Waals surface area contributed by atoms with Crippen molar-refractivity contribution in [3.63, 3.8) is 0 Å². The zero-order valence-electron chi connectivity index (χ0n) is 13.4. The Balaban J connectivity index is 2.21. The summed E-state index contributed by atoms with van der Waals surface area (Å²) in [7, 11) is 0. The second-order valence-corrected chi connectivity index (χ2v) is 5.40. The van der Waals surface area contributed by atoms with E-state index in [2.05, 4.69) is 10.5 Å². The highest BCUT2D eigenvalue weighted by Gasteiger charge is 2.12. The molecular weight excluding hydrogens is 346 g/mol. The molecule has 0 radical (unpaired) electrons. The van der Waals surface area contributed by atoms with Crippen LogP contribution in [0.4, 0.5) is 11.4 Å². The van der Waals surface area contributed by atoms with Crippen LogP contribution in [0, 0.1) is 10.1 Å². The molecule has 2 aromatic rings. The van der Waals surface area contributed by atoms with Gasteiger partial charge in [-0.3, -0.25) is 20.3 Å². The lowest BCUT2D eigenvalue weighted by Crippen LogP contribution is -2.14. The quantitative estimate of drug-likeness (QED) is 0.348. The standard InChI is InChI=1S/C17H16ClN3O4/c1-2-25-17(22)11-16(12-3-5-13(18)6-4-12)20-19-14-7-9-15(10-8-14)21(23)24/h3-10,19H,2,11H2,1H3/b20-16-. The van der Waals surface area contributed by atoms with Gasteiger partial charge >= 0.3 is 5.97 Å². The molecule has 2 aromatic carbocycles. The van der Waals surface area contributed by atoms with Gasteiger partial charge in [0, 0.05) is 17.2 Å². The topological polar surface area (TPSA) is 93.8 Å². The number of nitro groups is 1. The first-order chi connectivity index (χ1) is 12.0. The molecule has 0 unspecified atom stereocenters. The number of non-ortho nitro benzene ring substituents is 1. The van der Waals surface area contributed by atoms with E-state index in [1.807, 2.05) is 0 Å². The van der Waals surface area contributed by atoms with Gasteiger partial charge in [0.05, 0.1) is 29.4 Å². The Bertz CT molecular complexity index is 773. The summed E-state index contributed by atoms with van der Waals surface area (Å²) in [5, 5.41) is 15.5. The normalized spacial score (nSPS) is 11.0. The number of carbonyl (C=O) groups excluding carboxylic acids is 1. The van der Waals surface area contributed by atoms with Crippen LogP contribution in [0.2, 0.25) is 5.02 Å². The number of anilines is 1. The van der Waals surface area contributed by atoms with E-state index in [1.54, 1.807) is 31.2 Å². The minimum atomic E-state index is -0.479. The van der Waals surface area contributed by atoms with Crippen molar-refractivity contribution >= 4 is 34.7 Å². The molecule has 0 fully saturated rings. The lowest BCUT2D eigenvalue weighted by Gasteiger charge is -2.08. The van der Waals surface area contributed by atoms with Crippen LogP contribution in [0.1, 0.15) is 18.9 Å². The Morgan fingerprint density at radius 2 is 1.84 bits per heavy atom. The Morgan fingerprint density at radius 3 is 2.40 bits per heavy atom. The van der Waals surface area contributed by atoms with Crippen molar-refractivity contribution in [3.05, 3.63) is 69.2 Å². The predicted molar refractivity (Wildman–Crippen MR) is 96.0 cm³/mol. The number of nitro benzene ring substituents is 1. The van der Waals surface area contributed by atoms with Crippen LogP contribution in [-0.4, -0.2) is 23.2 Å². The van der Waals surface area contributed by atoms with Crippen molar-refractivity contribution < 1.29 is 14.5 Å². The molecule has 130 valence electrons. The fraction of sp³-hybridized carbons (Fsp3) is 0.176. The van der Waals surface area contributed by atoms with Crippen LogP contribution in [0.15, 0.2) is 53.6 Å². The Morgan fingerprint density at radius 1 is 1.20 bits per heavy atom. The minimum Gasteiger partial charge on any atom is -0.466 e. The molecule has 0 aliphatic heterocycles. The fourth-order valence-electron chi connectivity index (χ4n) is 1.99. The number of esters is 1. The Labute approximate surface area is 149 Å². The molecule has 7 nitrogen and oxygen atoms in total.